The molecule has 0 heterocycles. The molecular weight excluding hydrogens is 290 g/mol. The Bertz CT molecular complexity index is 435. The Balaban J connectivity index is 0.00000324. The largest absolute Gasteiger partial charge is 0.464 e. The summed E-state index contributed by atoms with van der Waals surface area (Å²) in [5.74, 6) is -5.19. The third kappa shape index (κ3) is 4.07. The lowest BCUT2D eigenvalue weighted by atomic mass is 10.0. The summed E-state index contributed by atoms with van der Waals surface area (Å²) in [4.78, 5) is 11.1. The van der Waals surface area contributed by atoms with Gasteiger partial charge in [0.1, 0.15) is 17.5 Å². The van der Waals surface area contributed by atoms with Crippen molar-refractivity contribution >= 4 is 18.4 Å². The molecule has 1 aromatic carbocycles. The molecule has 108 valence electrons. The molecule has 0 saturated carbocycles. The van der Waals surface area contributed by atoms with Gasteiger partial charge in [-0.05, 0) is 6.92 Å². The zero-order valence-electron chi connectivity index (χ0n) is 9.83. The molecule has 0 spiro atoms. The van der Waals surface area contributed by atoms with Gasteiger partial charge in [-0.2, -0.15) is 0 Å². The highest BCUT2D eigenvalue weighted by molar-refractivity contribution is 5.85. The fraction of sp³-hybridized carbons (Fsp3) is 0.364. The average molecular weight is 302 g/mol. The summed E-state index contributed by atoms with van der Waals surface area (Å²) in [6.45, 7) is 1.34. The Hall–Kier alpha value is -1.34. The highest BCUT2D eigenvalue weighted by atomic mass is 35.5. The molecule has 0 fully saturated rings. The van der Waals surface area contributed by atoms with Crippen LogP contribution >= 0.6 is 12.4 Å². The minimum Gasteiger partial charge on any atom is -0.464 e. The summed E-state index contributed by atoms with van der Waals surface area (Å²) in [6, 6.07) is -1.18. The number of benzene rings is 1. The molecule has 19 heavy (non-hydrogen) atoms. The van der Waals surface area contributed by atoms with Crippen LogP contribution in [-0.2, 0) is 9.53 Å². The third-order valence-corrected chi connectivity index (χ3v) is 2.20. The van der Waals surface area contributed by atoms with Gasteiger partial charge in [0.25, 0.3) is 0 Å². The molecular formula is C11H12ClF4NO2. The Kier molecular flexibility index (Phi) is 6.78. The number of alkyl halides is 1. The molecule has 0 aliphatic rings. The maximum Gasteiger partial charge on any atom is 0.342 e. The monoisotopic (exact) mass is 301 g/mol. The van der Waals surface area contributed by atoms with Crippen molar-refractivity contribution < 1.29 is 27.1 Å². The zero-order valence-corrected chi connectivity index (χ0v) is 10.6. The van der Waals surface area contributed by atoms with Crippen molar-refractivity contribution in [1.29, 1.82) is 0 Å². The van der Waals surface area contributed by atoms with E-state index in [0.717, 1.165) is 0 Å². The minimum atomic E-state index is -2.43. The van der Waals surface area contributed by atoms with Gasteiger partial charge < -0.3 is 10.5 Å². The SMILES string of the molecule is CCOC(=O)C(F)[C@@H](N)c1c(F)cc(F)cc1F.Cl. The fourth-order valence-corrected chi connectivity index (χ4v) is 1.39. The lowest BCUT2D eigenvalue weighted by Gasteiger charge is -2.17. The van der Waals surface area contributed by atoms with Crippen LogP contribution in [0.3, 0.4) is 0 Å². The topological polar surface area (TPSA) is 52.3 Å². The molecule has 1 rings (SSSR count). The van der Waals surface area contributed by atoms with E-state index < -0.39 is 41.2 Å². The predicted octanol–water partition coefficient (Wildman–Crippen LogP) is 2.43. The van der Waals surface area contributed by atoms with Gasteiger partial charge in [-0.1, -0.05) is 0 Å². The summed E-state index contributed by atoms with van der Waals surface area (Å²) >= 11 is 0. The van der Waals surface area contributed by atoms with Gasteiger partial charge >= 0.3 is 5.97 Å². The van der Waals surface area contributed by atoms with Gasteiger partial charge in [0.05, 0.1) is 12.6 Å². The van der Waals surface area contributed by atoms with Crippen LogP contribution in [0.25, 0.3) is 0 Å². The first-order chi connectivity index (χ1) is 8.38. The van der Waals surface area contributed by atoms with Crippen LogP contribution in [0.1, 0.15) is 18.5 Å². The highest BCUT2D eigenvalue weighted by Crippen LogP contribution is 2.24. The van der Waals surface area contributed by atoms with Crippen LogP contribution in [0.4, 0.5) is 17.6 Å². The Morgan fingerprint density at radius 1 is 1.32 bits per heavy atom. The van der Waals surface area contributed by atoms with E-state index in [9.17, 15) is 22.4 Å². The second-order valence-electron chi connectivity index (χ2n) is 3.46. The van der Waals surface area contributed by atoms with Crippen molar-refractivity contribution in [3.8, 4) is 0 Å². The normalized spacial score (nSPS) is 13.4. The number of ether oxygens (including phenoxy) is 1. The summed E-state index contributed by atoms with van der Waals surface area (Å²) in [7, 11) is 0. The van der Waals surface area contributed by atoms with Crippen molar-refractivity contribution in [2.24, 2.45) is 5.73 Å². The van der Waals surface area contributed by atoms with E-state index >= 15 is 0 Å². The van der Waals surface area contributed by atoms with Gasteiger partial charge in [-0.3, -0.25) is 0 Å². The second kappa shape index (κ2) is 7.30. The molecule has 3 nitrogen and oxygen atoms in total. The number of halogens is 5. The zero-order chi connectivity index (χ0) is 13.9. The van der Waals surface area contributed by atoms with Gasteiger partial charge in [0.2, 0.25) is 6.17 Å². The minimum absolute atomic E-state index is 0. The Morgan fingerprint density at radius 3 is 2.21 bits per heavy atom. The molecule has 8 heteroatoms. The quantitative estimate of drug-likeness (QED) is 0.686. The molecule has 0 amide bonds. The van der Waals surface area contributed by atoms with E-state index in [1.807, 2.05) is 0 Å². The standard InChI is InChI=1S/C11H11F4NO2.ClH/c1-2-18-11(17)9(15)10(16)8-6(13)3-5(12)4-7(8)14;/h3-4,9-10H,2,16H2,1H3;1H/t9?,10-;/m0./s1. The number of hydrogen-bond acceptors (Lipinski definition) is 3. The van der Waals surface area contributed by atoms with Gasteiger partial charge in [0, 0.05) is 17.7 Å². The first-order valence-corrected chi connectivity index (χ1v) is 5.09. The number of rotatable bonds is 4. The maximum atomic E-state index is 13.5. The third-order valence-electron chi connectivity index (χ3n) is 2.20. The van der Waals surface area contributed by atoms with Crippen LogP contribution in [0.15, 0.2) is 12.1 Å². The molecule has 1 unspecified atom stereocenters. The molecule has 2 N–H and O–H groups in total. The molecule has 1 aromatic rings. The predicted molar refractivity (Wildman–Crippen MR) is 62.0 cm³/mol. The summed E-state index contributed by atoms with van der Waals surface area (Å²) in [5.41, 5.74) is 4.35. The fourth-order valence-electron chi connectivity index (χ4n) is 1.39. The number of esters is 1. The van der Waals surface area contributed by atoms with Crippen LogP contribution in [0.2, 0.25) is 0 Å². The molecule has 0 aromatic heterocycles. The summed E-state index contributed by atoms with van der Waals surface area (Å²) in [6.07, 6.45) is -2.43. The van der Waals surface area contributed by atoms with E-state index in [4.69, 9.17) is 5.73 Å². The van der Waals surface area contributed by atoms with Gasteiger partial charge in [-0.15, -0.1) is 12.4 Å². The number of nitrogens with two attached hydrogens (primary N) is 1. The smallest absolute Gasteiger partial charge is 0.342 e. The molecule has 0 aliphatic carbocycles. The van der Waals surface area contributed by atoms with Crippen LogP contribution in [0, 0.1) is 17.5 Å². The highest BCUT2D eigenvalue weighted by Gasteiger charge is 2.32. The second-order valence-corrected chi connectivity index (χ2v) is 3.46. The number of carbonyl (C=O) groups is 1. The lowest BCUT2D eigenvalue weighted by Crippen LogP contribution is -2.33. The first kappa shape index (κ1) is 17.7. The van der Waals surface area contributed by atoms with Gasteiger partial charge in [-0.25, -0.2) is 22.4 Å². The average Bonchev–Trinajstić information content (AvgIpc) is 2.26. The van der Waals surface area contributed by atoms with Crippen molar-refractivity contribution in [2.45, 2.75) is 19.1 Å². The van der Waals surface area contributed by atoms with E-state index in [1.54, 1.807) is 0 Å². The molecule has 0 aliphatic heterocycles. The summed E-state index contributed by atoms with van der Waals surface area (Å²) < 4.78 is 57.1. The van der Waals surface area contributed by atoms with E-state index in [2.05, 4.69) is 4.74 Å². The van der Waals surface area contributed by atoms with Crippen LogP contribution < -0.4 is 5.73 Å². The molecule has 2 atom stereocenters. The first-order valence-electron chi connectivity index (χ1n) is 5.09. The van der Waals surface area contributed by atoms with Crippen molar-refractivity contribution in [1.82, 2.24) is 0 Å². The number of carbonyl (C=O) groups excluding carboxylic acids is 1. The molecule has 0 saturated heterocycles. The lowest BCUT2D eigenvalue weighted by molar-refractivity contribution is -0.150. The van der Waals surface area contributed by atoms with E-state index in [0.29, 0.717) is 12.1 Å². The van der Waals surface area contributed by atoms with E-state index in [-0.39, 0.29) is 19.0 Å². The Morgan fingerprint density at radius 2 is 1.79 bits per heavy atom. The van der Waals surface area contributed by atoms with Crippen molar-refractivity contribution in [2.75, 3.05) is 6.61 Å². The molecule has 0 radical (unpaired) electrons. The van der Waals surface area contributed by atoms with Crippen molar-refractivity contribution in [3.05, 3.63) is 35.1 Å². The number of hydrogen-bond donors (Lipinski definition) is 1. The Labute approximate surface area is 113 Å². The summed E-state index contributed by atoms with van der Waals surface area (Å²) in [5, 5.41) is 0. The van der Waals surface area contributed by atoms with Crippen molar-refractivity contribution in [3.63, 3.8) is 0 Å². The van der Waals surface area contributed by atoms with Crippen LogP contribution in [-0.4, -0.2) is 18.7 Å². The van der Waals surface area contributed by atoms with Gasteiger partial charge in [0.15, 0.2) is 0 Å². The maximum absolute atomic E-state index is 13.5. The van der Waals surface area contributed by atoms with Crippen LogP contribution in [0.5, 0.6) is 0 Å². The molecule has 0 bridgehead atoms. The van der Waals surface area contributed by atoms with E-state index in [1.165, 1.54) is 6.92 Å².